The van der Waals surface area contributed by atoms with Gasteiger partial charge in [-0.1, -0.05) is 12.1 Å². The highest BCUT2D eigenvalue weighted by molar-refractivity contribution is 5.92. The van der Waals surface area contributed by atoms with Crippen LogP contribution in [0.15, 0.2) is 30.3 Å². The number of rotatable bonds is 8. The summed E-state index contributed by atoms with van der Waals surface area (Å²) in [5, 5.41) is 5.41. The molecule has 0 saturated heterocycles. The average Bonchev–Trinajstić information content (AvgIpc) is 3.03. The van der Waals surface area contributed by atoms with E-state index in [0.29, 0.717) is 30.0 Å². The number of aromatic nitrogens is 3. The van der Waals surface area contributed by atoms with Crippen LogP contribution < -0.4 is 15.4 Å². The molecule has 31 heavy (non-hydrogen) atoms. The highest BCUT2D eigenvalue weighted by atomic mass is 16.5. The van der Waals surface area contributed by atoms with Crippen LogP contribution in [0.2, 0.25) is 0 Å². The number of pyridine rings is 1. The predicted octanol–water partition coefficient (Wildman–Crippen LogP) is 3.18. The topological polar surface area (TPSA) is 107 Å². The first-order valence-corrected chi connectivity index (χ1v) is 10.1. The molecule has 0 aliphatic carbocycles. The number of nitrogens with one attached hydrogen (secondary N) is 2. The zero-order chi connectivity index (χ0) is 22.4. The molecule has 0 unspecified atom stereocenters. The van der Waals surface area contributed by atoms with E-state index in [2.05, 4.69) is 20.6 Å². The summed E-state index contributed by atoms with van der Waals surface area (Å²) in [6, 6.07) is 9.25. The van der Waals surface area contributed by atoms with Gasteiger partial charge in [0.15, 0.2) is 5.65 Å². The number of carbonyl (C=O) groups excluding carboxylic acids is 2. The van der Waals surface area contributed by atoms with E-state index < -0.39 is 6.03 Å². The number of hydrogen-bond acceptors (Lipinski definition) is 6. The maximum atomic E-state index is 12.2. The number of fused-ring (bicyclic) bond motifs is 1. The van der Waals surface area contributed by atoms with E-state index in [1.54, 1.807) is 20.1 Å². The van der Waals surface area contributed by atoms with E-state index in [9.17, 15) is 9.59 Å². The molecule has 0 atom stereocenters. The smallest absolute Gasteiger partial charge is 0.319 e. The number of aryl methyl sites for hydroxylation is 2. The molecule has 0 aliphatic heterocycles. The molecule has 164 valence electrons. The number of esters is 1. The number of amides is 2. The number of nitrogens with zero attached hydrogens (tertiary/aromatic N) is 3. The maximum Gasteiger partial charge on any atom is 0.319 e. The van der Waals surface area contributed by atoms with Gasteiger partial charge in [0.2, 0.25) is 0 Å². The molecule has 0 spiro atoms. The van der Waals surface area contributed by atoms with E-state index in [0.717, 1.165) is 22.8 Å². The molecule has 2 aromatic heterocycles. The van der Waals surface area contributed by atoms with Crippen LogP contribution >= 0.6 is 0 Å². The van der Waals surface area contributed by atoms with Crippen LogP contribution in [0.4, 0.5) is 10.5 Å². The van der Waals surface area contributed by atoms with E-state index >= 15 is 0 Å². The van der Waals surface area contributed by atoms with E-state index in [1.165, 1.54) is 0 Å². The number of hydrogen-bond donors (Lipinski definition) is 2. The quantitative estimate of drug-likeness (QED) is 0.537. The highest BCUT2D eigenvalue weighted by Crippen LogP contribution is 2.23. The van der Waals surface area contributed by atoms with E-state index in [4.69, 9.17) is 9.47 Å². The Morgan fingerprint density at radius 1 is 1.13 bits per heavy atom. The summed E-state index contributed by atoms with van der Waals surface area (Å²) in [6.07, 6.45) is 0.118. The predicted molar refractivity (Wildman–Crippen MR) is 117 cm³/mol. The Labute approximate surface area is 180 Å². The van der Waals surface area contributed by atoms with Gasteiger partial charge in [0.1, 0.15) is 17.1 Å². The number of urea groups is 1. The number of anilines is 1. The largest absolute Gasteiger partial charge is 0.497 e. The second-order valence-electron chi connectivity index (χ2n) is 6.99. The minimum absolute atomic E-state index is 0.118. The summed E-state index contributed by atoms with van der Waals surface area (Å²) in [5.41, 5.74) is 3.78. The van der Waals surface area contributed by atoms with Gasteiger partial charge in [0.25, 0.3) is 0 Å². The van der Waals surface area contributed by atoms with Gasteiger partial charge < -0.3 is 24.7 Å². The van der Waals surface area contributed by atoms with E-state index in [1.807, 2.05) is 42.7 Å². The van der Waals surface area contributed by atoms with Crippen molar-refractivity contribution < 1.29 is 19.1 Å². The third kappa shape index (κ3) is 5.50. The van der Waals surface area contributed by atoms with Crippen LogP contribution in [-0.2, 0) is 16.1 Å². The van der Waals surface area contributed by atoms with Gasteiger partial charge in [-0.05, 0) is 44.5 Å². The van der Waals surface area contributed by atoms with Gasteiger partial charge in [-0.15, -0.1) is 0 Å². The summed E-state index contributed by atoms with van der Waals surface area (Å²) in [5.74, 6) is 1.29. The van der Waals surface area contributed by atoms with Gasteiger partial charge >= 0.3 is 12.0 Å². The summed E-state index contributed by atoms with van der Waals surface area (Å²) >= 11 is 0. The van der Waals surface area contributed by atoms with Crippen LogP contribution in [-0.4, -0.2) is 46.8 Å². The molecule has 0 aliphatic rings. The van der Waals surface area contributed by atoms with Crippen molar-refractivity contribution in [3.05, 3.63) is 47.4 Å². The fourth-order valence-corrected chi connectivity index (χ4v) is 3.16. The van der Waals surface area contributed by atoms with Gasteiger partial charge in [-0.25, -0.2) is 14.8 Å². The van der Waals surface area contributed by atoms with Crippen LogP contribution in [0.25, 0.3) is 11.2 Å². The van der Waals surface area contributed by atoms with Crippen LogP contribution in [0.5, 0.6) is 5.75 Å². The van der Waals surface area contributed by atoms with Crippen molar-refractivity contribution in [1.29, 1.82) is 0 Å². The van der Waals surface area contributed by atoms with Crippen molar-refractivity contribution in [2.24, 2.45) is 0 Å². The van der Waals surface area contributed by atoms with Crippen LogP contribution in [0.3, 0.4) is 0 Å². The number of ether oxygens (including phenoxy) is 2. The molecule has 2 heterocycles. The van der Waals surface area contributed by atoms with Gasteiger partial charge in [0.05, 0.1) is 38.1 Å². The lowest BCUT2D eigenvalue weighted by atomic mass is 10.2. The Kier molecular flexibility index (Phi) is 7.07. The third-order valence-electron chi connectivity index (χ3n) is 4.77. The number of carbonyl (C=O) groups is 2. The van der Waals surface area contributed by atoms with Crippen LogP contribution in [0, 0.1) is 13.8 Å². The van der Waals surface area contributed by atoms with Crippen molar-refractivity contribution in [3.63, 3.8) is 0 Å². The molecular weight excluding hydrogens is 398 g/mol. The average molecular weight is 425 g/mol. The zero-order valence-electron chi connectivity index (χ0n) is 18.2. The Bertz CT molecular complexity index is 1080. The normalized spacial score (nSPS) is 10.7. The zero-order valence-corrected chi connectivity index (χ0v) is 18.2. The second-order valence-corrected chi connectivity index (χ2v) is 6.99. The summed E-state index contributed by atoms with van der Waals surface area (Å²) in [4.78, 5) is 32.8. The molecule has 0 bridgehead atoms. The molecule has 2 N–H and O–H groups in total. The molecule has 2 amide bonds. The molecule has 0 fully saturated rings. The van der Waals surface area contributed by atoms with Crippen molar-refractivity contribution in [2.75, 3.05) is 25.6 Å². The molecule has 3 aromatic rings. The first-order chi connectivity index (χ1) is 14.9. The minimum atomic E-state index is -0.414. The lowest BCUT2D eigenvalue weighted by Gasteiger charge is -2.11. The Balaban J connectivity index is 1.72. The van der Waals surface area contributed by atoms with Crippen molar-refractivity contribution in [3.8, 4) is 5.75 Å². The first-order valence-electron chi connectivity index (χ1n) is 10.1. The minimum Gasteiger partial charge on any atom is -0.497 e. The molecule has 3 rings (SSSR count). The van der Waals surface area contributed by atoms with Gasteiger partial charge in [-0.3, -0.25) is 4.79 Å². The molecule has 9 nitrogen and oxygen atoms in total. The number of imidazole rings is 1. The number of benzene rings is 1. The van der Waals surface area contributed by atoms with Crippen molar-refractivity contribution in [1.82, 2.24) is 19.9 Å². The lowest BCUT2D eigenvalue weighted by Crippen LogP contribution is -2.31. The number of methoxy groups -OCH3 is 1. The van der Waals surface area contributed by atoms with Crippen LogP contribution in [0.1, 0.15) is 30.4 Å². The van der Waals surface area contributed by atoms with Gasteiger partial charge in [-0.2, -0.15) is 0 Å². The Hall–Kier alpha value is -3.62. The van der Waals surface area contributed by atoms with E-state index in [-0.39, 0.29) is 18.9 Å². The lowest BCUT2D eigenvalue weighted by molar-refractivity contribution is -0.142. The monoisotopic (exact) mass is 425 g/mol. The Morgan fingerprint density at radius 3 is 2.55 bits per heavy atom. The fourth-order valence-electron chi connectivity index (χ4n) is 3.16. The first kappa shape index (κ1) is 22.1. The standard InChI is InChI=1S/C22H27N5O4/c1-5-31-20(28)10-11-23-22(29)26-18-12-19-21(24-14(18)2)27(15(3)25-19)13-16-6-8-17(30-4)9-7-16/h6-9,12H,5,10-11,13H2,1-4H3,(H2,23,26,29). The molecule has 0 saturated carbocycles. The molecule has 0 radical (unpaired) electrons. The highest BCUT2D eigenvalue weighted by Gasteiger charge is 2.14. The van der Waals surface area contributed by atoms with Crippen molar-refractivity contribution >= 4 is 28.9 Å². The third-order valence-corrected chi connectivity index (χ3v) is 4.77. The summed E-state index contributed by atoms with van der Waals surface area (Å²) in [7, 11) is 1.64. The maximum absolute atomic E-state index is 12.2. The van der Waals surface area contributed by atoms with Gasteiger partial charge in [0, 0.05) is 6.54 Å². The molecule has 1 aromatic carbocycles. The summed E-state index contributed by atoms with van der Waals surface area (Å²) in [6.45, 7) is 6.63. The fraction of sp³-hybridized carbons (Fsp3) is 0.364. The molecule has 9 heteroatoms. The SMILES string of the molecule is CCOC(=O)CCNC(=O)Nc1cc2nc(C)n(Cc3ccc(OC)cc3)c2nc1C. The Morgan fingerprint density at radius 2 is 1.87 bits per heavy atom. The summed E-state index contributed by atoms with van der Waals surface area (Å²) < 4.78 is 12.1. The second kappa shape index (κ2) is 9.92. The molecular formula is C22H27N5O4. The van der Waals surface area contributed by atoms with Crippen molar-refractivity contribution in [2.45, 2.75) is 33.7 Å².